The van der Waals surface area contributed by atoms with Crippen molar-refractivity contribution in [3.8, 4) is 0 Å². The standard InChI is InChI=1S/C16H28N2O3/c1-16(20,11-18-4-6-21-7-5-18)10-17-15(19)14-9-12-2-3-13(14)8-12/h12-14,20H,2-11H2,1H3,(H,17,19). The number of hydrogen-bond acceptors (Lipinski definition) is 4. The lowest BCUT2D eigenvalue weighted by atomic mass is 9.88. The Morgan fingerprint density at radius 3 is 2.71 bits per heavy atom. The van der Waals surface area contributed by atoms with Gasteiger partial charge >= 0.3 is 0 Å². The van der Waals surface area contributed by atoms with Gasteiger partial charge < -0.3 is 15.2 Å². The largest absolute Gasteiger partial charge is 0.387 e. The summed E-state index contributed by atoms with van der Waals surface area (Å²) in [6.07, 6.45) is 4.82. The first kappa shape index (κ1) is 15.3. The SMILES string of the molecule is CC(O)(CNC(=O)C1CC2CCC1C2)CN1CCOCC1. The first-order valence-corrected chi connectivity index (χ1v) is 8.34. The molecule has 3 rings (SSSR count). The molecule has 5 heteroatoms. The molecule has 3 fully saturated rings. The third-order valence-electron chi connectivity index (χ3n) is 5.39. The van der Waals surface area contributed by atoms with Crippen LogP contribution in [-0.2, 0) is 9.53 Å². The Morgan fingerprint density at radius 1 is 1.33 bits per heavy atom. The number of carbonyl (C=O) groups excluding carboxylic acids is 1. The van der Waals surface area contributed by atoms with E-state index >= 15 is 0 Å². The average Bonchev–Trinajstić information content (AvgIpc) is 3.08. The highest BCUT2D eigenvalue weighted by Gasteiger charge is 2.43. The number of rotatable bonds is 5. The molecule has 5 nitrogen and oxygen atoms in total. The van der Waals surface area contributed by atoms with Crippen molar-refractivity contribution in [1.29, 1.82) is 0 Å². The summed E-state index contributed by atoms with van der Waals surface area (Å²) < 4.78 is 5.32. The fraction of sp³-hybridized carbons (Fsp3) is 0.938. The maximum atomic E-state index is 12.3. The maximum Gasteiger partial charge on any atom is 0.223 e. The smallest absolute Gasteiger partial charge is 0.223 e. The number of ether oxygens (including phenoxy) is 1. The summed E-state index contributed by atoms with van der Waals surface area (Å²) in [5, 5.41) is 13.5. The minimum Gasteiger partial charge on any atom is -0.387 e. The van der Waals surface area contributed by atoms with Crippen LogP contribution in [0.2, 0.25) is 0 Å². The van der Waals surface area contributed by atoms with E-state index in [-0.39, 0.29) is 11.8 Å². The lowest BCUT2D eigenvalue weighted by Gasteiger charge is -2.34. The Bertz CT molecular complexity index is 380. The van der Waals surface area contributed by atoms with Gasteiger partial charge in [0, 0.05) is 32.1 Å². The van der Waals surface area contributed by atoms with Gasteiger partial charge in [-0.2, -0.15) is 0 Å². The second kappa shape index (κ2) is 6.23. The van der Waals surface area contributed by atoms with Crippen molar-refractivity contribution in [2.24, 2.45) is 17.8 Å². The second-order valence-corrected chi connectivity index (χ2v) is 7.38. The van der Waals surface area contributed by atoms with Crippen molar-refractivity contribution in [1.82, 2.24) is 10.2 Å². The van der Waals surface area contributed by atoms with E-state index in [1.54, 1.807) is 0 Å². The van der Waals surface area contributed by atoms with Gasteiger partial charge in [-0.1, -0.05) is 6.42 Å². The van der Waals surface area contributed by atoms with Crippen LogP contribution in [0, 0.1) is 17.8 Å². The Balaban J connectivity index is 1.43. The fourth-order valence-electron chi connectivity index (χ4n) is 4.27. The average molecular weight is 296 g/mol. The number of carbonyl (C=O) groups is 1. The molecule has 1 aliphatic heterocycles. The predicted molar refractivity (Wildman–Crippen MR) is 79.8 cm³/mol. The number of amides is 1. The molecule has 1 saturated heterocycles. The Kier molecular flexibility index (Phi) is 4.52. The topological polar surface area (TPSA) is 61.8 Å². The molecular weight excluding hydrogens is 268 g/mol. The Morgan fingerprint density at radius 2 is 2.10 bits per heavy atom. The lowest BCUT2D eigenvalue weighted by molar-refractivity contribution is -0.128. The normalized spacial score (nSPS) is 35.6. The van der Waals surface area contributed by atoms with Crippen LogP contribution in [0.4, 0.5) is 0 Å². The van der Waals surface area contributed by atoms with Gasteiger partial charge in [-0.15, -0.1) is 0 Å². The highest BCUT2D eigenvalue weighted by molar-refractivity contribution is 5.79. The van der Waals surface area contributed by atoms with Crippen LogP contribution >= 0.6 is 0 Å². The molecule has 0 aromatic heterocycles. The van der Waals surface area contributed by atoms with Crippen LogP contribution in [0.1, 0.15) is 32.6 Å². The Hall–Kier alpha value is -0.650. The van der Waals surface area contributed by atoms with E-state index in [0.717, 1.165) is 38.6 Å². The number of hydrogen-bond donors (Lipinski definition) is 2. The van der Waals surface area contributed by atoms with E-state index < -0.39 is 5.60 Å². The minimum absolute atomic E-state index is 0.157. The van der Waals surface area contributed by atoms with Crippen molar-refractivity contribution in [2.45, 2.75) is 38.2 Å². The highest BCUT2D eigenvalue weighted by Crippen LogP contribution is 2.48. The summed E-state index contributed by atoms with van der Waals surface area (Å²) in [6, 6.07) is 0. The third kappa shape index (κ3) is 3.76. The molecule has 0 aromatic carbocycles. The summed E-state index contributed by atoms with van der Waals surface area (Å²) in [4.78, 5) is 14.5. The van der Waals surface area contributed by atoms with Gasteiger partial charge in [-0.25, -0.2) is 0 Å². The van der Waals surface area contributed by atoms with Crippen molar-refractivity contribution in [3.63, 3.8) is 0 Å². The molecule has 1 heterocycles. The van der Waals surface area contributed by atoms with Gasteiger partial charge in [-0.3, -0.25) is 9.69 Å². The maximum absolute atomic E-state index is 12.3. The summed E-state index contributed by atoms with van der Waals surface area (Å²) in [6.45, 7) is 5.92. The number of aliphatic hydroxyl groups is 1. The number of β-amino-alcohol motifs (C(OH)–C–C–N with tert-alkyl or cyclic N) is 1. The quantitative estimate of drug-likeness (QED) is 0.781. The zero-order valence-electron chi connectivity index (χ0n) is 13.0. The molecule has 2 N–H and O–H groups in total. The molecule has 0 spiro atoms. The number of nitrogens with zero attached hydrogens (tertiary/aromatic N) is 1. The first-order chi connectivity index (χ1) is 10.0. The van der Waals surface area contributed by atoms with Gasteiger partial charge in [0.2, 0.25) is 5.91 Å². The van der Waals surface area contributed by atoms with Crippen LogP contribution in [0.5, 0.6) is 0 Å². The van der Waals surface area contributed by atoms with E-state index in [1.165, 1.54) is 19.3 Å². The van der Waals surface area contributed by atoms with Crippen LogP contribution in [-0.4, -0.2) is 60.9 Å². The molecular formula is C16H28N2O3. The zero-order valence-corrected chi connectivity index (χ0v) is 13.0. The molecule has 2 aliphatic carbocycles. The summed E-state index contributed by atoms with van der Waals surface area (Å²) >= 11 is 0. The third-order valence-corrected chi connectivity index (χ3v) is 5.39. The van der Waals surface area contributed by atoms with Gasteiger partial charge in [-0.05, 0) is 38.0 Å². The molecule has 2 saturated carbocycles. The van der Waals surface area contributed by atoms with Crippen molar-refractivity contribution >= 4 is 5.91 Å². The van der Waals surface area contributed by atoms with Crippen molar-refractivity contribution in [3.05, 3.63) is 0 Å². The van der Waals surface area contributed by atoms with E-state index in [0.29, 0.717) is 19.0 Å². The first-order valence-electron chi connectivity index (χ1n) is 8.34. The summed E-state index contributed by atoms with van der Waals surface area (Å²) in [5.74, 6) is 1.73. The van der Waals surface area contributed by atoms with Crippen LogP contribution < -0.4 is 5.32 Å². The van der Waals surface area contributed by atoms with Crippen LogP contribution in [0.3, 0.4) is 0 Å². The van der Waals surface area contributed by atoms with Crippen LogP contribution in [0.25, 0.3) is 0 Å². The zero-order chi connectivity index (χ0) is 14.9. The molecule has 1 amide bonds. The molecule has 3 aliphatic rings. The number of fused-ring (bicyclic) bond motifs is 2. The lowest BCUT2D eigenvalue weighted by Crippen LogP contribution is -2.52. The Labute approximate surface area is 127 Å². The predicted octanol–water partition coefficient (Wildman–Crippen LogP) is 0.622. The molecule has 120 valence electrons. The van der Waals surface area contributed by atoms with E-state index in [2.05, 4.69) is 10.2 Å². The van der Waals surface area contributed by atoms with Gasteiger partial charge in [0.05, 0.1) is 18.8 Å². The van der Waals surface area contributed by atoms with E-state index in [9.17, 15) is 9.90 Å². The van der Waals surface area contributed by atoms with E-state index in [1.807, 2.05) is 6.92 Å². The highest BCUT2D eigenvalue weighted by atomic mass is 16.5. The van der Waals surface area contributed by atoms with Gasteiger partial charge in [0.15, 0.2) is 0 Å². The van der Waals surface area contributed by atoms with Gasteiger partial charge in [0.25, 0.3) is 0 Å². The molecule has 4 atom stereocenters. The second-order valence-electron chi connectivity index (χ2n) is 7.38. The molecule has 0 radical (unpaired) electrons. The van der Waals surface area contributed by atoms with Gasteiger partial charge in [0.1, 0.15) is 0 Å². The van der Waals surface area contributed by atoms with Crippen LogP contribution in [0.15, 0.2) is 0 Å². The summed E-state index contributed by atoms with van der Waals surface area (Å²) in [7, 11) is 0. The summed E-state index contributed by atoms with van der Waals surface area (Å²) in [5.41, 5.74) is -0.870. The molecule has 0 aromatic rings. The van der Waals surface area contributed by atoms with Crippen molar-refractivity contribution in [2.75, 3.05) is 39.4 Å². The molecule has 4 unspecified atom stereocenters. The molecule has 2 bridgehead atoms. The van der Waals surface area contributed by atoms with Crippen molar-refractivity contribution < 1.29 is 14.6 Å². The monoisotopic (exact) mass is 296 g/mol. The number of nitrogens with one attached hydrogen (secondary N) is 1. The van der Waals surface area contributed by atoms with E-state index in [4.69, 9.17) is 4.74 Å². The molecule has 21 heavy (non-hydrogen) atoms. The fourth-order valence-corrected chi connectivity index (χ4v) is 4.27. The minimum atomic E-state index is -0.870. The number of morpholine rings is 1.